The number of unbranched alkanes of at least 4 members (excludes halogenated alkanes) is 2. The molecule has 148 valence electrons. The Kier molecular flexibility index (Phi) is 5.92. The summed E-state index contributed by atoms with van der Waals surface area (Å²) in [7, 11) is 0. The first-order valence-electron chi connectivity index (χ1n) is 9.87. The van der Waals surface area contributed by atoms with E-state index in [1.807, 2.05) is 19.9 Å². The summed E-state index contributed by atoms with van der Waals surface area (Å²) in [6, 6.07) is 5.22. The average Bonchev–Trinajstić information content (AvgIpc) is 2.68. The fraction of sp³-hybridized carbons (Fsp3) is 0.429. The monoisotopic (exact) mass is 381 g/mol. The SMILES string of the molecule is CCCCCNC(=O)c1cc2c(=O)n3cccc(C)c3nc2n(CCC)c1=N. The number of nitrogens with one attached hydrogen (secondary N) is 2. The van der Waals surface area contributed by atoms with E-state index >= 15 is 0 Å². The molecule has 0 aliphatic carbocycles. The van der Waals surface area contributed by atoms with Crippen LogP contribution in [0.1, 0.15) is 55.5 Å². The van der Waals surface area contributed by atoms with Crippen LogP contribution in [0.2, 0.25) is 0 Å². The Hall–Kier alpha value is -2.96. The van der Waals surface area contributed by atoms with Gasteiger partial charge in [0.2, 0.25) is 0 Å². The lowest BCUT2D eigenvalue weighted by atomic mass is 10.1. The Bertz CT molecular complexity index is 1140. The predicted molar refractivity (Wildman–Crippen MR) is 110 cm³/mol. The van der Waals surface area contributed by atoms with Crippen molar-refractivity contribution in [3.05, 3.63) is 51.4 Å². The Morgan fingerprint density at radius 3 is 2.71 bits per heavy atom. The van der Waals surface area contributed by atoms with Gasteiger partial charge in [0, 0.05) is 19.3 Å². The van der Waals surface area contributed by atoms with Gasteiger partial charge in [0.15, 0.2) is 0 Å². The molecule has 0 aliphatic rings. The van der Waals surface area contributed by atoms with Crippen LogP contribution in [0.4, 0.5) is 0 Å². The minimum Gasteiger partial charge on any atom is -0.352 e. The first kappa shape index (κ1) is 19.8. The smallest absolute Gasteiger partial charge is 0.267 e. The van der Waals surface area contributed by atoms with E-state index in [-0.39, 0.29) is 22.5 Å². The van der Waals surface area contributed by atoms with Gasteiger partial charge in [-0.15, -0.1) is 0 Å². The number of fused-ring (bicyclic) bond motifs is 2. The van der Waals surface area contributed by atoms with E-state index in [0.717, 1.165) is 31.2 Å². The van der Waals surface area contributed by atoms with Crippen LogP contribution in [0, 0.1) is 12.3 Å². The zero-order chi connectivity index (χ0) is 20.3. The molecule has 7 nitrogen and oxygen atoms in total. The molecule has 1 amide bonds. The molecule has 7 heteroatoms. The van der Waals surface area contributed by atoms with Crippen molar-refractivity contribution in [2.24, 2.45) is 0 Å². The summed E-state index contributed by atoms with van der Waals surface area (Å²) in [6.07, 6.45) is 5.45. The maximum atomic E-state index is 13.1. The molecule has 0 aromatic carbocycles. The van der Waals surface area contributed by atoms with Crippen LogP contribution in [0.25, 0.3) is 16.7 Å². The Morgan fingerprint density at radius 1 is 1.21 bits per heavy atom. The molecule has 0 fully saturated rings. The average molecular weight is 381 g/mol. The quantitative estimate of drug-likeness (QED) is 0.487. The van der Waals surface area contributed by atoms with Crippen molar-refractivity contribution >= 4 is 22.6 Å². The van der Waals surface area contributed by atoms with Crippen LogP contribution in [0.3, 0.4) is 0 Å². The first-order valence-corrected chi connectivity index (χ1v) is 9.87. The minimum absolute atomic E-state index is 0.0900. The highest BCUT2D eigenvalue weighted by Gasteiger charge is 2.17. The summed E-state index contributed by atoms with van der Waals surface area (Å²) < 4.78 is 3.17. The van der Waals surface area contributed by atoms with Crippen molar-refractivity contribution in [2.45, 2.75) is 53.0 Å². The summed E-state index contributed by atoms with van der Waals surface area (Å²) in [5.41, 5.74) is 1.98. The molecule has 0 saturated carbocycles. The van der Waals surface area contributed by atoms with Crippen LogP contribution in [-0.4, -0.2) is 26.4 Å². The zero-order valence-electron chi connectivity index (χ0n) is 16.7. The molecule has 3 rings (SSSR count). The minimum atomic E-state index is -0.318. The molecular formula is C21H27N5O2. The number of hydrogen-bond acceptors (Lipinski definition) is 4. The number of hydrogen-bond donors (Lipinski definition) is 2. The van der Waals surface area contributed by atoms with Gasteiger partial charge in [0.25, 0.3) is 11.5 Å². The van der Waals surface area contributed by atoms with E-state index in [1.165, 1.54) is 10.5 Å². The molecule has 0 aliphatic heterocycles. The third-order valence-electron chi connectivity index (χ3n) is 4.89. The highest BCUT2D eigenvalue weighted by molar-refractivity contribution is 5.96. The van der Waals surface area contributed by atoms with Crippen molar-refractivity contribution in [1.82, 2.24) is 19.3 Å². The summed E-state index contributed by atoms with van der Waals surface area (Å²) in [5.74, 6) is -0.318. The standard InChI is InChI=1S/C21H27N5O2/c1-4-6-7-10-23-20(27)15-13-16-19(25(11-5-2)17(15)22)24-18-14(3)9-8-12-26(18)21(16)28/h8-9,12-13,22H,4-7,10-11H2,1-3H3,(H,23,27). The van der Waals surface area contributed by atoms with E-state index < -0.39 is 0 Å². The first-order chi connectivity index (χ1) is 13.5. The zero-order valence-corrected chi connectivity index (χ0v) is 16.7. The molecule has 2 N–H and O–H groups in total. The number of amides is 1. The highest BCUT2D eigenvalue weighted by Crippen LogP contribution is 2.13. The fourth-order valence-electron chi connectivity index (χ4n) is 3.38. The number of rotatable bonds is 7. The normalized spacial score (nSPS) is 11.2. The van der Waals surface area contributed by atoms with Gasteiger partial charge in [-0.25, -0.2) is 4.98 Å². The summed E-state index contributed by atoms with van der Waals surface area (Å²) in [4.78, 5) is 30.5. The largest absolute Gasteiger partial charge is 0.352 e. The molecule has 3 heterocycles. The molecule has 0 saturated heterocycles. The topological polar surface area (TPSA) is 92.2 Å². The van der Waals surface area contributed by atoms with E-state index in [4.69, 9.17) is 5.41 Å². The maximum absolute atomic E-state index is 13.1. The number of carbonyl (C=O) groups is 1. The molecule has 0 radical (unpaired) electrons. The number of pyridine rings is 2. The second kappa shape index (κ2) is 8.37. The second-order valence-corrected chi connectivity index (χ2v) is 7.06. The molecule has 28 heavy (non-hydrogen) atoms. The van der Waals surface area contributed by atoms with Gasteiger partial charge in [0.1, 0.15) is 16.8 Å². The molecule has 3 aromatic heterocycles. The van der Waals surface area contributed by atoms with Gasteiger partial charge in [-0.3, -0.25) is 19.4 Å². The highest BCUT2D eigenvalue weighted by atomic mass is 16.1. The Labute approximate surface area is 163 Å². The van der Waals surface area contributed by atoms with Crippen molar-refractivity contribution in [1.29, 1.82) is 5.41 Å². The molecule has 0 atom stereocenters. The predicted octanol–water partition coefficient (Wildman–Crippen LogP) is 2.77. The number of nitrogens with zero attached hydrogens (tertiary/aromatic N) is 3. The third kappa shape index (κ3) is 3.56. The summed E-state index contributed by atoms with van der Waals surface area (Å²) in [6.45, 7) is 7.08. The van der Waals surface area contributed by atoms with Crippen LogP contribution < -0.4 is 16.4 Å². The van der Waals surface area contributed by atoms with Crippen LogP contribution in [0.5, 0.6) is 0 Å². The van der Waals surface area contributed by atoms with Gasteiger partial charge in [-0.1, -0.05) is 32.8 Å². The van der Waals surface area contributed by atoms with Gasteiger partial charge >= 0.3 is 0 Å². The number of carbonyl (C=O) groups excluding carboxylic acids is 1. The van der Waals surface area contributed by atoms with Crippen LogP contribution >= 0.6 is 0 Å². The van der Waals surface area contributed by atoms with Gasteiger partial charge < -0.3 is 9.88 Å². The number of aryl methyl sites for hydroxylation is 2. The van der Waals surface area contributed by atoms with Gasteiger partial charge in [0.05, 0.1) is 10.9 Å². The number of aromatic nitrogens is 3. The van der Waals surface area contributed by atoms with E-state index in [9.17, 15) is 9.59 Å². The fourth-order valence-corrected chi connectivity index (χ4v) is 3.38. The van der Waals surface area contributed by atoms with E-state index in [1.54, 1.807) is 16.8 Å². The lowest BCUT2D eigenvalue weighted by Gasteiger charge is -2.14. The van der Waals surface area contributed by atoms with Crippen LogP contribution in [0.15, 0.2) is 29.2 Å². The van der Waals surface area contributed by atoms with Gasteiger partial charge in [-0.2, -0.15) is 0 Å². The second-order valence-electron chi connectivity index (χ2n) is 7.06. The van der Waals surface area contributed by atoms with E-state index in [2.05, 4.69) is 17.2 Å². The molecule has 3 aromatic rings. The molecule has 0 unspecified atom stereocenters. The van der Waals surface area contributed by atoms with E-state index in [0.29, 0.717) is 29.8 Å². The van der Waals surface area contributed by atoms with Crippen molar-refractivity contribution < 1.29 is 4.79 Å². The molecule has 0 spiro atoms. The Balaban J connectivity index is 2.22. The maximum Gasteiger partial charge on any atom is 0.267 e. The van der Waals surface area contributed by atoms with Crippen molar-refractivity contribution in [2.75, 3.05) is 6.54 Å². The lowest BCUT2D eigenvalue weighted by Crippen LogP contribution is -2.35. The van der Waals surface area contributed by atoms with Gasteiger partial charge in [-0.05, 0) is 37.5 Å². The third-order valence-corrected chi connectivity index (χ3v) is 4.89. The van der Waals surface area contributed by atoms with Crippen molar-refractivity contribution in [3.63, 3.8) is 0 Å². The summed E-state index contributed by atoms with van der Waals surface area (Å²) in [5, 5.41) is 11.8. The van der Waals surface area contributed by atoms with Crippen molar-refractivity contribution in [3.8, 4) is 0 Å². The summed E-state index contributed by atoms with van der Waals surface area (Å²) >= 11 is 0. The Morgan fingerprint density at radius 2 is 2.00 bits per heavy atom. The molecule has 0 bridgehead atoms. The lowest BCUT2D eigenvalue weighted by molar-refractivity contribution is 0.0950. The van der Waals surface area contributed by atoms with Crippen LogP contribution in [-0.2, 0) is 6.54 Å². The molecular weight excluding hydrogens is 354 g/mol.